The van der Waals surface area contributed by atoms with E-state index in [4.69, 9.17) is 13.8 Å². The molecule has 0 heterocycles. The van der Waals surface area contributed by atoms with Crippen molar-refractivity contribution in [2.24, 2.45) is 0 Å². The van der Waals surface area contributed by atoms with Crippen LogP contribution in [0.1, 0.15) is 20.3 Å². The molecular weight excluding hydrogens is 207 g/mol. The third-order valence-corrected chi connectivity index (χ3v) is 3.15. The van der Waals surface area contributed by atoms with E-state index in [1.54, 1.807) is 0 Å². The molecule has 0 aliphatic carbocycles. The monoisotopic (exact) mass is 222 g/mol. The predicted molar refractivity (Wildman–Crippen MR) is 51.8 cm³/mol. The molecule has 0 spiro atoms. The van der Waals surface area contributed by atoms with Crippen LogP contribution in [0.2, 0.25) is 0 Å². The van der Waals surface area contributed by atoms with Crippen molar-refractivity contribution in [1.29, 1.82) is 0 Å². The Morgan fingerprint density at radius 3 is 2.14 bits per heavy atom. The normalized spacial score (nSPS) is 12.7. The van der Waals surface area contributed by atoms with E-state index < -0.39 is 13.6 Å². The van der Waals surface area contributed by atoms with Crippen LogP contribution in [0.5, 0.6) is 0 Å². The maximum absolute atomic E-state index is 11.8. The molecule has 0 saturated carbocycles. The molecule has 0 aromatic carbocycles. The maximum Gasteiger partial charge on any atom is 0.395 e. The second kappa shape index (κ2) is 5.96. The van der Waals surface area contributed by atoms with Crippen molar-refractivity contribution >= 4 is 13.6 Å². The predicted octanol–water partition coefficient (Wildman–Crippen LogP) is 2.29. The zero-order valence-electron chi connectivity index (χ0n) is 8.77. The largest absolute Gasteiger partial charge is 0.418 e. The van der Waals surface area contributed by atoms with Crippen LogP contribution >= 0.6 is 7.60 Å². The second-order valence-corrected chi connectivity index (χ2v) is 4.57. The minimum absolute atomic E-state index is 0.0579. The van der Waals surface area contributed by atoms with Crippen molar-refractivity contribution in [3.8, 4) is 0 Å². The molecule has 0 aromatic heterocycles. The van der Waals surface area contributed by atoms with Gasteiger partial charge in [-0.3, -0.25) is 9.36 Å². The van der Waals surface area contributed by atoms with Gasteiger partial charge >= 0.3 is 13.6 Å². The number of hydrogen-bond acceptors (Lipinski definition) is 5. The van der Waals surface area contributed by atoms with E-state index in [0.717, 1.165) is 0 Å². The van der Waals surface area contributed by atoms with Crippen LogP contribution in [0.15, 0.2) is 11.6 Å². The Hall–Kier alpha value is -0.640. The molecule has 5 nitrogen and oxygen atoms in total. The summed E-state index contributed by atoms with van der Waals surface area (Å²) in [4.78, 5) is 10.7. The van der Waals surface area contributed by atoms with Crippen molar-refractivity contribution < 1.29 is 23.1 Å². The number of rotatable bonds is 5. The van der Waals surface area contributed by atoms with Crippen LogP contribution in [-0.4, -0.2) is 20.2 Å². The second-order valence-electron chi connectivity index (χ2n) is 2.41. The summed E-state index contributed by atoms with van der Waals surface area (Å²) in [5.74, 6) is -0.556. The smallest absolute Gasteiger partial charge is 0.395 e. The number of hydrogen-bond donors (Lipinski definition) is 0. The number of esters is 1. The number of carbonyl (C=O) groups is 1. The van der Waals surface area contributed by atoms with E-state index in [-0.39, 0.29) is 5.50 Å². The number of carbonyl (C=O) groups excluding carboxylic acids is 1. The van der Waals surface area contributed by atoms with E-state index >= 15 is 0 Å². The molecule has 0 saturated heterocycles. The van der Waals surface area contributed by atoms with E-state index in [1.807, 2.05) is 6.92 Å². The number of allylic oxidation sites excluding steroid dienone is 1. The average molecular weight is 222 g/mol. The Bertz CT molecular complexity index is 263. The summed E-state index contributed by atoms with van der Waals surface area (Å²) >= 11 is 0. The van der Waals surface area contributed by atoms with Gasteiger partial charge in [-0.15, -0.1) is 0 Å². The summed E-state index contributed by atoms with van der Waals surface area (Å²) in [6, 6.07) is 0. The van der Waals surface area contributed by atoms with Gasteiger partial charge in [0.05, 0.1) is 0 Å². The van der Waals surface area contributed by atoms with Crippen LogP contribution in [-0.2, 0) is 23.1 Å². The van der Waals surface area contributed by atoms with Crippen LogP contribution in [0, 0.1) is 0 Å². The Kier molecular flexibility index (Phi) is 5.69. The van der Waals surface area contributed by atoms with Crippen LogP contribution in [0.25, 0.3) is 0 Å². The highest BCUT2D eigenvalue weighted by Crippen LogP contribution is 2.55. The molecule has 0 aliphatic heterocycles. The molecule has 0 bridgehead atoms. The molecule has 0 aliphatic rings. The molecule has 14 heavy (non-hydrogen) atoms. The summed E-state index contributed by atoms with van der Waals surface area (Å²) in [5, 5.41) is 0. The third kappa shape index (κ3) is 3.62. The molecule has 0 aromatic rings. The van der Waals surface area contributed by atoms with Crippen molar-refractivity contribution in [3.05, 3.63) is 11.6 Å². The zero-order valence-corrected chi connectivity index (χ0v) is 9.67. The molecule has 82 valence electrons. The lowest BCUT2D eigenvalue weighted by atomic mass is 10.5. The lowest BCUT2D eigenvalue weighted by Gasteiger charge is -2.15. The summed E-state index contributed by atoms with van der Waals surface area (Å²) in [6.45, 7) is 3.04. The lowest BCUT2D eigenvalue weighted by molar-refractivity contribution is -0.136. The standard InChI is InChI=1S/C8H15O5P/c1-5-6-8(13-7(2)9)14(10,11-3)12-4/h6H,5H2,1-4H3/b8-6+. The fourth-order valence-electron chi connectivity index (χ4n) is 0.786. The molecular formula is C8H15O5P. The minimum Gasteiger partial charge on any atom is -0.418 e. The third-order valence-electron chi connectivity index (χ3n) is 1.38. The SMILES string of the molecule is CC/C=C(\OC(C)=O)P(=O)(OC)OC. The molecule has 0 fully saturated rings. The molecule has 0 atom stereocenters. The van der Waals surface area contributed by atoms with Crippen molar-refractivity contribution in [2.75, 3.05) is 14.2 Å². The van der Waals surface area contributed by atoms with Gasteiger partial charge < -0.3 is 13.8 Å². The molecule has 0 N–H and O–H groups in total. The summed E-state index contributed by atoms with van der Waals surface area (Å²) in [7, 11) is -0.977. The van der Waals surface area contributed by atoms with Gasteiger partial charge in [-0.05, 0) is 12.5 Å². The lowest BCUT2D eigenvalue weighted by Crippen LogP contribution is -2.02. The summed E-state index contributed by atoms with van der Waals surface area (Å²) in [6.07, 6.45) is 2.06. The molecule has 0 rings (SSSR count). The Morgan fingerprint density at radius 1 is 1.36 bits per heavy atom. The van der Waals surface area contributed by atoms with Crippen LogP contribution in [0.3, 0.4) is 0 Å². The Balaban J connectivity index is 4.90. The van der Waals surface area contributed by atoms with Gasteiger partial charge in [0.15, 0.2) is 0 Å². The summed E-state index contributed by atoms with van der Waals surface area (Å²) < 4.78 is 25.9. The first-order valence-electron chi connectivity index (χ1n) is 4.10. The van der Waals surface area contributed by atoms with Crippen molar-refractivity contribution in [3.63, 3.8) is 0 Å². The van der Waals surface area contributed by atoms with E-state index in [1.165, 1.54) is 27.2 Å². The Morgan fingerprint density at radius 2 is 1.86 bits per heavy atom. The quantitative estimate of drug-likeness (QED) is 0.405. The van der Waals surface area contributed by atoms with Gasteiger partial charge in [0.25, 0.3) is 0 Å². The average Bonchev–Trinajstić information content (AvgIpc) is 2.15. The van der Waals surface area contributed by atoms with Crippen LogP contribution < -0.4 is 0 Å². The first kappa shape index (κ1) is 13.4. The van der Waals surface area contributed by atoms with Crippen molar-refractivity contribution in [2.45, 2.75) is 20.3 Å². The van der Waals surface area contributed by atoms with Gasteiger partial charge in [-0.2, -0.15) is 0 Å². The van der Waals surface area contributed by atoms with Gasteiger partial charge in [0.1, 0.15) is 0 Å². The number of ether oxygens (including phenoxy) is 1. The van der Waals surface area contributed by atoms with Crippen molar-refractivity contribution in [1.82, 2.24) is 0 Å². The fourth-order valence-corrected chi connectivity index (χ4v) is 1.94. The topological polar surface area (TPSA) is 61.8 Å². The first-order valence-corrected chi connectivity index (χ1v) is 5.65. The molecule has 6 heteroatoms. The highest BCUT2D eigenvalue weighted by molar-refractivity contribution is 7.58. The molecule has 0 radical (unpaired) electrons. The van der Waals surface area contributed by atoms with E-state index in [9.17, 15) is 9.36 Å². The zero-order chi connectivity index (χ0) is 11.2. The fraction of sp³-hybridized carbons (Fsp3) is 0.625. The Labute approximate surface area is 83.6 Å². The highest BCUT2D eigenvalue weighted by Gasteiger charge is 2.30. The van der Waals surface area contributed by atoms with Gasteiger partial charge in [0.2, 0.25) is 5.50 Å². The van der Waals surface area contributed by atoms with Gasteiger partial charge in [-0.1, -0.05) is 6.92 Å². The van der Waals surface area contributed by atoms with Gasteiger partial charge in [0, 0.05) is 21.1 Å². The summed E-state index contributed by atoms with van der Waals surface area (Å²) in [5.41, 5.74) is -0.0579. The van der Waals surface area contributed by atoms with E-state index in [2.05, 4.69) is 0 Å². The van der Waals surface area contributed by atoms with Gasteiger partial charge in [-0.25, -0.2) is 0 Å². The van der Waals surface area contributed by atoms with E-state index in [0.29, 0.717) is 6.42 Å². The minimum atomic E-state index is -3.44. The van der Waals surface area contributed by atoms with Crippen LogP contribution in [0.4, 0.5) is 0 Å². The molecule has 0 unspecified atom stereocenters. The maximum atomic E-state index is 11.8. The molecule has 0 amide bonds. The first-order chi connectivity index (χ1) is 6.50. The highest BCUT2D eigenvalue weighted by atomic mass is 31.2.